The molecule has 0 unspecified atom stereocenters. The summed E-state index contributed by atoms with van der Waals surface area (Å²) in [6.45, 7) is 1.46. The van der Waals surface area contributed by atoms with E-state index in [9.17, 15) is 4.79 Å². The van der Waals surface area contributed by atoms with Gasteiger partial charge in [-0.3, -0.25) is 4.79 Å². The molecule has 0 amide bonds. The highest BCUT2D eigenvalue weighted by Gasteiger charge is 2.09. The summed E-state index contributed by atoms with van der Waals surface area (Å²) in [7, 11) is 0. The van der Waals surface area contributed by atoms with Crippen LogP contribution >= 0.6 is 23.2 Å². The molecule has 0 aliphatic carbocycles. The standard InChI is InChI=1S/C9H6Cl2N2O/c1-5(14)8-4-13-3-6(10)2-7(11)9(13)12-8/h2-4H,1H3. The van der Waals surface area contributed by atoms with E-state index in [1.807, 2.05) is 0 Å². The van der Waals surface area contributed by atoms with Gasteiger partial charge in [-0.2, -0.15) is 0 Å². The van der Waals surface area contributed by atoms with Crippen molar-refractivity contribution >= 4 is 34.6 Å². The molecule has 3 nitrogen and oxygen atoms in total. The van der Waals surface area contributed by atoms with E-state index in [0.717, 1.165) is 0 Å². The van der Waals surface area contributed by atoms with Gasteiger partial charge in [0, 0.05) is 19.3 Å². The molecule has 14 heavy (non-hydrogen) atoms. The van der Waals surface area contributed by atoms with E-state index in [-0.39, 0.29) is 5.78 Å². The van der Waals surface area contributed by atoms with Gasteiger partial charge in [0.2, 0.25) is 0 Å². The smallest absolute Gasteiger partial charge is 0.179 e. The third-order valence-electron chi connectivity index (χ3n) is 1.83. The zero-order valence-electron chi connectivity index (χ0n) is 7.29. The maximum atomic E-state index is 11.1. The normalized spacial score (nSPS) is 10.8. The summed E-state index contributed by atoms with van der Waals surface area (Å²) in [6, 6.07) is 1.59. The first-order valence-corrected chi connectivity index (χ1v) is 4.68. The Labute approximate surface area is 90.3 Å². The highest BCUT2D eigenvalue weighted by Crippen LogP contribution is 2.21. The lowest BCUT2D eigenvalue weighted by Gasteiger charge is -1.95. The molecular weight excluding hydrogens is 223 g/mol. The van der Waals surface area contributed by atoms with E-state index in [1.54, 1.807) is 22.9 Å². The van der Waals surface area contributed by atoms with Crippen molar-refractivity contribution in [2.75, 3.05) is 0 Å². The quantitative estimate of drug-likeness (QED) is 0.704. The van der Waals surface area contributed by atoms with Gasteiger partial charge in [0.1, 0.15) is 5.69 Å². The number of hydrogen-bond donors (Lipinski definition) is 0. The Morgan fingerprint density at radius 2 is 2.14 bits per heavy atom. The molecule has 2 rings (SSSR count). The summed E-state index contributed by atoms with van der Waals surface area (Å²) in [5, 5.41) is 0.944. The monoisotopic (exact) mass is 228 g/mol. The van der Waals surface area contributed by atoms with Crippen LogP contribution in [0.4, 0.5) is 0 Å². The molecule has 0 saturated heterocycles. The number of imidazole rings is 1. The lowest BCUT2D eigenvalue weighted by molar-refractivity contribution is 0.101. The second kappa shape index (κ2) is 3.26. The minimum atomic E-state index is -0.0964. The molecule has 0 saturated carbocycles. The average Bonchev–Trinajstić information content (AvgIpc) is 2.47. The minimum absolute atomic E-state index is 0.0964. The van der Waals surface area contributed by atoms with Gasteiger partial charge in [-0.05, 0) is 6.07 Å². The molecule has 0 aliphatic rings. The number of ketones is 1. The summed E-state index contributed by atoms with van der Waals surface area (Å²) in [5.74, 6) is -0.0964. The van der Waals surface area contributed by atoms with E-state index in [1.165, 1.54) is 6.92 Å². The largest absolute Gasteiger partial charge is 0.304 e. The van der Waals surface area contributed by atoms with Crippen molar-refractivity contribution in [1.82, 2.24) is 9.38 Å². The first-order chi connectivity index (χ1) is 6.58. The Balaban J connectivity index is 2.76. The van der Waals surface area contributed by atoms with E-state index < -0.39 is 0 Å². The van der Waals surface area contributed by atoms with Crippen LogP contribution in [0.15, 0.2) is 18.5 Å². The van der Waals surface area contributed by atoms with Crippen molar-refractivity contribution in [3.8, 4) is 0 Å². The molecule has 0 bridgehead atoms. The molecule has 0 fully saturated rings. The molecule has 2 aromatic heterocycles. The van der Waals surface area contributed by atoms with Crippen LogP contribution in [0.1, 0.15) is 17.4 Å². The van der Waals surface area contributed by atoms with Crippen molar-refractivity contribution in [3.05, 3.63) is 34.2 Å². The molecule has 0 spiro atoms. The molecule has 0 aromatic carbocycles. The molecule has 2 heterocycles. The highest BCUT2D eigenvalue weighted by atomic mass is 35.5. The van der Waals surface area contributed by atoms with E-state index in [4.69, 9.17) is 23.2 Å². The van der Waals surface area contributed by atoms with Crippen molar-refractivity contribution in [1.29, 1.82) is 0 Å². The number of aromatic nitrogens is 2. The predicted octanol–water partition coefficient (Wildman–Crippen LogP) is 2.84. The zero-order valence-corrected chi connectivity index (χ0v) is 8.80. The molecule has 0 atom stereocenters. The third kappa shape index (κ3) is 1.49. The fraction of sp³-hybridized carbons (Fsp3) is 0.111. The van der Waals surface area contributed by atoms with Gasteiger partial charge in [-0.1, -0.05) is 23.2 Å². The summed E-state index contributed by atoms with van der Waals surface area (Å²) < 4.78 is 1.64. The van der Waals surface area contributed by atoms with Crippen molar-refractivity contribution < 1.29 is 4.79 Å². The first-order valence-electron chi connectivity index (χ1n) is 3.92. The molecule has 5 heteroatoms. The number of nitrogens with zero attached hydrogens (tertiary/aromatic N) is 2. The number of Topliss-reactive ketones (excluding diaryl/α,β-unsaturated/α-hetero) is 1. The maximum absolute atomic E-state index is 11.1. The molecular formula is C9H6Cl2N2O. The first kappa shape index (κ1) is 9.49. The van der Waals surface area contributed by atoms with Gasteiger partial charge in [0.15, 0.2) is 11.4 Å². The Morgan fingerprint density at radius 3 is 2.79 bits per heavy atom. The minimum Gasteiger partial charge on any atom is -0.304 e. The molecule has 0 N–H and O–H groups in total. The van der Waals surface area contributed by atoms with Crippen LogP contribution in [0.5, 0.6) is 0 Å². The van der Waals surface area contributed by atoms with Gasteiger partial charge >= 0.3 is 0 Å². The third-order valence-corrected chi connectivity index (χ3v) is 2.32. The molecule has 0 radical (unpaired) electrons. The summed E-state index contributed by atoms with van der Waals surface area (Å²) in [4.78, 5) is 15.1. The number of carbonyl (C=O) groups excluding carboxylic acids is 1. The Hall–Kier alpha value is -1.06. The lowest BCUT2D eigenvalue weighted by Crippen LogP contribution is -1.90. The Kier molecular flexibility index (Phi) is 2.21. The van der Waals surface area contributed by atoms with Gasteiger partial charge in [0.25, 0.3) is 0 Å². The number of halogens is 2. The number of pyridine rings is 1. The Morgan fingerprint density at radius 1 is 1.43 bits per heavy atom. The van der Waals surface area contributed by atoms with Crippen molar-refractivity contribution in [2.45, 2.75) is 6.92 Å². The lowest BCUT2D eigenvalue weighted by atomic mass is 10.3. The van der Waals surface area contributed by atoms with E-state index >= 15 is 0 Å². The summed E-state index contributed by atoms with van der Waals surface area (Å²) in [5.41, 5.74) is 0.926. The van der Waals surface area contributed by atoms with Crippen LogP contribution in [0.2, 0.25) is 10.0 Å². The number of rotatable bonds is 1. The van der Waals surface area contributed by atoms with Gasteiger partial charge in [0.05, 0.1) is 10.0 Å². The second-order valence-corrected chi connectivity index (χ2v) is 3.76. The molecule has 2 aromatic rings. The van der Waals surface area contributed by atoms with Gasteiger partial charge in [-0.25, -0.2) is 4.98 Å². The predicted molar refractivity (Wildman–Crippen MR) is 55.2 cm³/mol. The fourth-order valence-corrected chi connectivity index (χ4v) is 1.72. The van der Waals surface area contributed by atoms with Crippen molar-refractivity contribution in [3.63, 3.8) is 0 Å². The highest BCUT2D eigenvalue weighted by molar-refractivity contribution is 6.36. The zero-order chi connectivity index (χ0) is 10.3. The van der Waals surface area contributed by atoms with Crippen LogP contribution in [0.25, 0.3) is 5.65 Å². The topological polar surface area (TPSA) is 34.4 Å². The Bertz CT molecular complexity index is 519. The van der Waals surface area contributed by atoms with E-state index in [2.05, 4.69) is 4.98 Å². The number of carbonyl (C=O) groups is 1. The van der Waals surface area contributed by atoms with Gasteiger partial charge in [-0.15, -0.1) is 0 Å². The maximum Gasteiger partial charge on any atom is 0.179 e. The van der Waals surface area contributed by atoms with Crippen LogP contribution in [-0.2, 0) is 0 Å². The fourth-order valence-electron chi connectivity index (χ4n) is 1.19. The summed E-state index contributed by atoms with van der Waals surface area (Å²) >= 11 is 11.7. The van der Waals surface area contributed by atoms with Crippen LogP contribution in [0, 0.1) is 0 Å². The number of fused-ring (bicyclic) bond motifs is 1. The van der Waals surface area contributed by atoms with E-state index in [0.29, 0.717) is 21.4 Å². The average molecular weight is 229 g/mol. The SMILES string of the molecule is CC(=O)c1cn2cc(Cl)cc(Cl)c2n1. The van der Waals surface area contributed by atoms with Gasteiger partial charge < -0.3 is 4.40 Å². The van der Waals surface area contributed by atoms with Crippen LogP contribution < -0.4 is 0 Å². The number of hydrogen-bond acceptors (Lipinski definition) is 2. The van der Waals surface area contributed by atoms with Crippen molar-refractivity contribution in [2.24, 2.45) is 0 Å². The summed E-state index contributed by atoms with van der Waals surface area (Å²) in [6.07, 6.45) is 3.26. The van der Waals surface area contributed by atoms with Crippen LogP contribution in [0.3, 0.4) is 0 Å². The second-order valence-electron chi connectivity index (χ2n) is 2.92. The molecule has 0 aliphatic heterocycles. The molecule has 72 valence electrons. The van der Waals surface area contributed by atoms with Crippen LogP contribution in [-0.4, -0.2) is 15.2 Å².